The summed E-state index contributed by atoms with van der Waals surface area (Å²) in [6, 6.07) is 3.46. The van der Waals surface area contributed by atoms with Crippen LogP contribution < -0.4 is 9.47 Å². The molecule has 0 saturated carbocycles. The molecule has 0 amide bonds. The van der Waals surface area contributed by atoms with Crippen molar-refractivity contribution in [3.8, 4) is 11.5 Å². The number of para-hydroxylation sites is 1. The largest absolute Gasteiger partial charge is 0.573 e. The first-order valence-corrected chi connectivity index (χ1v) is 5.18. The van der Waals surface area contributed by atoms with E-state index in [4.69, 9.17) is 9.84 Å². The van der Waals surface area contributed by atoms with Gasteiger partial charge in [0.15, 0.2) is 17.6 Å². The molecule has 0 aromatic heterocycles. The number of ether oxygens (including phenoxy) is 2. The van der Waals surface area contributed by atoms with Gasteiger partial charge in [0.1, 0.15) is 0 Å². The van der Waals surface area contributed by atoms with Crippen molar-refractivity contribution < 1.29 is 37.7 Å². The Hall–Kier alpha value is -1.96. The van der Waals surface area contributed by atoms with E-state index in [0.717, 1.165) is 6.07 Å². The summed E-state index contributed by atoms with van der Waals surface area (Å²) in [6.07, 6.45) is -7.17. The van der Waals surface area contributed by atoms with Crippen molar-refractivity contribution in [3.05, 3.63) is 23.8 Å². The van der Waals surface area contributed by atoms with Gasteiger partial charge in [-0.3, -0.25) is 0 Å². The van der Waals surface area contributed by atoms with Crippen LogP contribution in [0, 0.1) is 0 Å². The van der Waals surface area contributed by atoms with Gasteiger partial charge in [-0.15, -0.1) is 13.2 Å². The molecular formula is C11H11F3O5. The number of carbonyl (C=O) groups is 1. The first kappa shape index (κ1) is 15.1. The van der Waals surface area contributed by atoms with Crippen molar-refractivity contribution in [2.75, 3.05) is 6.61 Å². The summed E-state index contributed by atoms with van der Waals surface area (Å²) in [5, 5.41) is 18.0. The third kappa shape index (κ3) is 4.02. The number of aliphatic hydroxyl groups is 1. The van der Waals surface area contributed by atoms with E-state index in [0.29, 0.717) is 0 Å². The Kier molecular flexibility index (Phi) is 4.60. The van der Waals surface area contributed by atoms with Crippen molar-refractivity contribution in [1.29, 1.82) is 0 Å². The zero-order valence-corrected chi connectivity index (χ0v) is 9.77. The molecular weight excluding hydrogens is 269 g/mol. The molecule has 19 heavy (non-hydrogen) atoms. The molecule has 2 N–H and O–H groups in total. The molecule has 0 heterocycles. The van der Waals surface area contributed by atoms with E-state index in [1.165, 1.54) is 19.1 Å². The van der Waals surface area contributed by atoms with E-state index in [1.807, 2.05) is 0 Å². The van der Waals surface area contributed by atoms with Crippen LogP contribution in [0.1, 0.15) is 18.6 Å². The van der Waals surface area contributed by atoms with Crippen molar-refractivity contribution in [2.45, 2.75) is 19.4 Å². The molecule has 1 aromatic rings. The van der Waals surface area contributed by atoms with E-state index < -0.39 is 29.7 Å². The Morgan fingerprint density at radius 3 is 2.53 bits per heavy atom. The molecule has 0 aliphatic rings. The van der Waals surface area contributed by atoms with E-state index in [1.54, 1.807) is 0 Å². The van der Waals surface area contributed by atoms with Crippen LogP contribution in [0.2, 0.25) is 0 Å². The molecule has 106 valence electrons. The first-order chi connectivity index (χ1) is 8.76. The lowest BCUT2D eigenvalue weighted by Gasteiger charge is -2.18. The maximum absolute atomic E-state index is 12.3. The Balaban J connectivity index is 3.29. The molecule has 0 spiro atoms. The monoisotopic (exact) mass is 280 g/mol. The number of hydrogen-bond donors (Lipinski definition) is 2. The Morgan fingerprint density at radius 2 is 2.05 bits per heavy atom. The number of alkyl halides is 3. The van der Waals surface area contributed by atoms with Gasteiger partial charge in [-0.05, 0) is 13.0 Å². The van der Waals surface area contributed by atoms with E-state index in [2.05, 4.69) is 4.74 Å². The number of aliphatic hydroxyl groups excluding tert-OH is 1. The minimum atomic E-state index is -5.03. The van der Waals surface area contributed by atoms with Gasteiger partial charge in [-0.25, -0.2) is 4.79 Å². The molecule has 5 nitrogen and oxygen atoms in total. The van der Waals surface area contributed by atoms with Crippen LogP contribution in [0.4, 0.5) is 13.2 Å². The van der Waals surface area contributed by atoms with Gasteiger partial charge in [0.05, 0.1) is 6.61 Å². The summed E-state index contributed by atoms with van der Waals surface area (Å²) in [6.45, 7) is 1.60. The molecule has 1 rings (SSSR count). The molecule has 0 fully saturated rings. The van der Waals surface area contributed by atoms with Gasteiger partial charge in [0.25, 0.3) is 0 Å². The van der Waals surface area contributed by atoms with Crippen molar-refractivity contribution in [2.24, 2.45) is 0 Å². The Morgan fingerprint density at radius 1 is 1.42 bits per heavy atom. The van der Waals surface area contributed by atoms with Gasteiger partial charge < -0.3 is 19.7 Å². The van der Waals surface area contributed by atoms with E-state index in [9.17, 15) is 23.1 Å². The summed E-state index contributed by atoms with van der Waals surface area (Å²) in [4.78, 5) is 10.7. The molecule has 0 aliphatic carbocycles. The predicted molar refractivity (Wildman–Crippen MR) is 56.9 cm³/mol. The van der Waals surface area contributed by atoms with Gasteiger partial charge in [-0.1, -0.05) is 12.1 Å². The first-order valence-electron chi connectivity index (χ1n) is 5.18. The van der Waals surface area contributed by atoms with Crippen LogP contribution in [0.25, 0.3) is 0 Å². The van der Waals surface area contributed by atoms with Crippen LogP contribution in [-0.4, -0.2) is 29.2 Å². The lowest BCUT2D eigenvalue weighted by molar-refractivity contribution is -0.275. The molecule has 0 saturated heterocycles. The summed E-state index contributed by atoms with van der Waals surface area (Å²) in [7, 11) is 0. The second-order valence-corrected chi connectivity index (χ2v) is 3.40. The highest BCUT2D eigenvalue weighted by Crippen LogP contribution is 2.38. The SMILES string of the molecule is CCOc1cccc(C(O)C(=O)O)c1OC(F)(F)F. The average molecular weight is 280 g/mol. The zero-order chi connectivity index (χ0) is 14.6. The lowest BCUT2D eigenvalue weighted by atomic mass is 10.1. The highest BCUT2D eigenvalue weighted by molar-refractivity contribution is 5.75. The zero-order valence-electron chi connectivity index (χ0n) is 9.77. The number of aliphatic carboxylic acids is 1. The maximum atomic E-state index is 12.3. The fraction of sp³-hybridized carbons (Fsp3) is 0.364. The smallest absolute Gasteiger partial charge is 0.490 e. The number of benzene rings is 1. The molecule has 1 atom stereocenters. The van der Waals surface area contributed by atoms with Crippen molar-refractivity contribution in [3.63, 3.8) is 0 Å². The van der Waals surface area contributed by atoms with Gasteiger partial charge in [0.2, 0.25) is 0 Å². The second kappa shape index (κ2) is 5.79. The number of hydrogen-bond acceptors (Lipinski definition) is 4. The normalized spacial score (nSPS) is 12.9. The van der Waals surface area contributed by atoms with Gasteiger partial charge >= 0.3 is 12.3 Å². The quantitative estimate of drug-likeness (QED) is 0.863. The molecule has 1 aromatic carbocycles. The molecule has 0 bridgehead atoms. The third-order valence-corrected chi connectivity index (χ3v) is 2.06. The lowest BCUT2D eigenvalue weighted by Crippen LogP contribution is -2.21. The summed E-state index contributed by atoms with van der Waals surface area (Å²) < 4.78 is 45.6. The second-order valence-electron chi connectivity index (χ2n) is 3.40. The summed E-state index contributed by atoms with van der Waals surface area (Å²) >= 11 is 0. The van der Waals surface area contributed by atoms with Gasteiger partial charge in [0, 0.05) is 5.56 Å². The third-order valence-electron chi connectivity index (χ3n) is 2.06. The summed E-state index contributed by atoms with van der Waals surface area (Å²) in [5.41, 5.74) is -0.532. The summed E-state index contributed by atoms with van der Waals surface area (Å²) in [5.74, 6) is -2.84. The highest BCUT2D eigenvalue weighted by atomic mass is 19.4. The Bertz CT molecular complexity index is 458. The number of carboxylic acids is 1. The predicted octanol–water partition coefficient (Wildman–Crippen LogP) is 2.10. The standard InChI is InChI=1S/C11H11F3O5/c1-2-18-7-5-3-4-6(8(15)10(16)17)9(7)19-11(12,13)14/h3-5,8,15H,2H2,1H3,(H,16,17). The number of halogens is 3. The average Bonchev–Trinajstić information content (AvgIpc) is 2.29. The maximum Gasteiger partial charge on any atom is 0.573 e. The Labute approximate surface area is 106 Å². The minimum Gasteiger partial charge on any atom is -0.490 e. The molecule has 0 aliphatic heterocycles. The minimum absolute atomic E-state index is 0.0564. The van der Waals surface area contributed by atoms with E-state index in [-0.39, 0.29) is 12.4 Å². The molecule has 0 radical (unpaired) electrons. The number of carboxylic acid groups (broad SMARTS) is 1. The fourth-order valence-corrected chi connectivity index (χ4v) is 1.38. The van der Waals surface area contributed by atoms with Crippen LogP contribution in [0.15, 0.2) is 18.2 Å². The van der Waals surface area contributed by atoms with E-state index >= 15 is 0 Å². The van der Waals surface area contributed by atoms with Crippen LogP contribution in [0.3, 0.4) is 0 Å². The molecule has 1 unspecified atom stereocenters. The van der Waals surface area contributed by atoms with Crippen LogP contribution in [-0.2, 0) is 4.79 Å². The van der Waals surface area contributed by atoms with Crippen LogP contribution >= 0.6 is 0 Å². The van der Waals surface area contributed by atoms with Crippen molar-refractivity contribution in [1.82, 2.24) is 0 Å². The molecule has 8 heteroatoms. The van der Waals surface area contributed by atoms with Gasteiger partial charge in [-0.2, -0.15) is 0 Å². The van der Waals surface area contributed by atoms with Crippen LogP contribution in [0.5, 0.6) is 11.5 Å². The number of rotatable bonds is 5. The topological polar surface area (TPSA) is 76.0 Å². The highest BCUT2D eigenvalue weighted by Gasteiger charge is 2.35. The van der Waals surface area contributed by atoms with Crippen molar-refractivity contribution >= 4 is 5.97 Å². The fourth-order valence-electron chi connectivity index (χ4n) is 1.38.